The summed E-state index contributed by atoms with van der Waals surface area (Å²) in [6.45, 7) is 0. The van der Waals surface area contributed by atoms with Crippen LogP contribution in [0.5, 0.6) is 0 Å². The maximum Gasteiger partial charge on any atom is 0.0716 e. The van der Waals surface area contributed by atoms with Gasteiger partial charge in [0, 0.05) is 112 Å². The van der Waals surface area contributed by atoms with Gasteiger partial charge in [0.2, 0.25) is 0 Å². The van der Waals surface area contributed by atoms with Gasteiger partial charge in [-0.05, 0) is 220 Å². The average Bonchev–Trinajstić information content (AvgIpc) is 1.74. The molecule has 0 amide bonds. The topological polar surface area (TPSA) is 38.7 Å². The van der Waals surface area contributed by atoms with Gasteiger partial charge >= 0.3 is 0 Å². The number of hydrogen-bond acceptors (Lipinski definition) is 6. The zero-order valence-electron chi connectivity index (χ0n) is 69.9. The molecule has 600 valence electrons. The Labute approximate surface area is 756 Å². The molecule has 3 nitrogen and oxygen atoms in total. The van der Waals surface area contributed by atoms with E-state index < -0.39 is 0 Å². The molecule has 0 atom stereocenters. The van der Waals surface area contributed by atoms with Gasteiger partial charge in [-0.2, -0.15) is 0 Å². The van der Waals surface area contributed by atoms with Crippen LogP contribution in [0.2, 0.25) is 0 Å². The van der Waals surface area contributed by atoms with Crippen molar-refractivity contribution in [1.29, 1.82) is 0 Å². The summed E-state index contributed by atoms with van der Waals surface area (Å²) in [5.74, 6) is 0. The van der Waals surface area contributed by atoms with Crippen LogP contribution in [0, 0.1) is 0 Å². The number of fused-ring (bicyclic) bond motifs is 18. The fourth-order valence-electron chi connectivity index (χ4n) is 20.1. The minimum Gasteiger partial charge on any atom is -0.256 e. The molecule has 0 saturated heterocycles. The van der Waals surface area contributed by atoms with Crippen LogP contribution in [-0.2, 0) is 0 Å². The Morgan fingerprint density at radius 3 is 0.767 bits per heavy atom. The highest BCUT2D eigenvalue weighted by Gasteiger charge is 2.23. The molecule has 27 rings (SSSR count). The number of hydrogen-bond donors (Lipinski definition) is 0. The van der Waals surface area contributed by atoms with E-state index in [-0.39, 0.29) is 0 Å². The quantitative estimate of drug-likeness (QED) is 0.135. The van der Waals surface area contributed by atoms with Crippen LogP contribution >= 0.6 is 34.0 Å². The van der Waals surface area contributed by atoms with E-state index in [1.807, 2.05) is 40.2 Å². The van der Waals surface area contributed by atoms with E-state index in [0.29, 0.717) is 0 Å². The standard InChI is InChI=1S/3C41H25NS/c1-2-11-26(12-3-1)39-30-15-6-8-17-32(30)40(33-18-9-7-16-31(33)39)29-21-22-37(42-25-29)35-20-10-19-34-36-23-27-13-4-5-14-28(27)24-38(36)43-41(34)35;1-2-10-26(11-3-1)40-31-14-6-8-16-33(31)41(34-17-9-7-15-32(34)40)30-18-20-37(42-25-30)29-19-21-38-35(23-29)36-22-27-12-4-5-13-28(27)24-39(36)43-38;1-2-10-26(11-3-1)40-32-14-6-8-16-34(32)41(35-17-9-7-15-33(35)40)30-19-21-37(42-25-30)29-18-20-31-36-22-27-12-4-5-13-28(27)23-39(36)43-38(31)24-29/h3*1-25H. The van der Waals surface area contributed by atoms with Gasteiger partial charge in [0.05, 0.1) is 17.1 Å². The second-order valence-corrected chi connectivity index (χ2v) is 36.6. The Kier molecular flexibility index (Phi) is 18.5. The van der Waals surface area contributed by atoms with Crippen molar-refractivity contribution in [2.75, 3.05) is 0 Å². The SMILES string of the molecule is c1ccc(-c2c3ccccc3c(-c3ccc(-c4ccc5c(c4)sc4cc6ccccc6cc45)nc3)c3ccccc23)cc1.c1ccc(-c2c3ccccc3c(-c3ccc(-c4ccc5sc6cc7ccccc7cc6c5c4)nc3)c3ccccc23)cc1.c1ccc(-c2c3ccccc3c(-c3ccc(-c4cccc5c4sc4cc6ccccc6cc45)nc3)c3ccccc23)cc1. The van der Waals surface area contributed by atoms with Crippen molar-refractivity contribution in [1.82, 2.24) is 15.0 Å². The Morgan fingerprint density at radius 2 is 0.403 bits per heavy atom. The van der Waals surface area contributed by atoms with Crippen LogP contribution < -0.4 is 0 Å². The van der Waals surface area contributed by atoms with E-state index in [1.165, 1.54) is 213 Å². The van der Waals surface area contributed by atoms with E-state index in [4.69, 9.17) is 15.0 Å². The fourth-order valence-corrected chi connectivity index (χ4v) is 23.7. The van der Waals surface area contributed by atoms with Crippen molar-refractivity contribution in [3.8, 4) is 101 Å². The number of nitrogens with zero attached hydrogens (tertiary/aromatic N) is 3. The first-order valence-corrected chi connectivity index (χ1v) is 46.3. The fraction of sp³-hybridized carbons (Fsp3) is 0. The molecule has 0 aliphatic carbocycles. The molecule has 0 saturated carbocycles. The zero-order chi connectivity index (χ0) is 85.0. The lowest BCUT2D eigenvalue weighted by Gasteiger charge is -2.17. The summed E-state index contributed by atoms with van der Waals surface area (Å²) in [4.78, 5) is 15.2. The molecular weight excluding hydrogens is 1620 g/mol. The van der Waals surface area contributed by atoms with Crippen molar-refractivity contribution in [3.05, 3.63) is 455 Å². The molecule has 0 aliphatic heterocycles. The van der Waals surface area contributed by atoms with Crippen LogP contribution in [0.1, 0.15) is 0 Å². The Morgan fingerprint density at radius 1 is 0.140 bits per heavy atom. The summed E-state index contributed by atoms with van der Waals surface area (Å²) < 4.78 is 7.86. The monoisotopic (exact) mass is 1690 g/mol. The molecule has 21 aromatic carbocycles. The predicted octanol–water partition coefficient (Wildman–Crippen LogP) is 35.7. The second kappa shape index (κ2) is 31.6. The maximum atomic E-state index is 5.10. The van der Waals surface area contributed by atoms with E-state index in [2.05, 4.69) is 449 Å². The van der Waals surface area contributed by atoms with Gasteiger partial charge in [0.25, 0.3) is 0 Å². The highest BCUT2D eigenvalue weighted by Crippen LogP contribution is 2.50. The van der Waals surface area contributed by atoms with Gasteiger partial charge in [-0.25, -0.2) is 0 Å². The lowest BCUT2D eigenvalue weighted by molar-refractivity contribution is 1.33. The summed E-state index contributed by atoms with van der Waals surface area (Å²) in [7, 11) is 0. The highest BCUT2D eigenvalue weighted by molar-refractivity contribution is 7.27. The first-order chi connectivity index (χ1) is 64.0. The molecule has 27 aromatic rings. The first-order valence-electron chi connectivity index (χ1n) is 43.9. The molecule has 129 heavy (non-hydrogen) atoms. The summed E-state index contributed by atoms with van der Waals surface area (Å²) in [5, 5.41) is 30.6. The number of benzene rings is 21. The van der Waals surface area contributed by atoms with Gasteiger partial charge in [-0.15, -0.1) is 34.0 Å². The minimum atomic E-state index is 0.986. The molecule has 0 unspecified atom stereocenters. The van der Waals surface area contributed by atoms with Gasteiger partial charge in [0.1, 0.15) is 0 Å². The average molecular weight is 1690 g/mol. The molecule has 0 radical (unpaired) electrons. The second-order valence-electron chi connectivity index (χ2n) is 33.4. The van der Waals surface area contributed by atoms with Crippen molar-refractivity contribution in [2.24, 2.45) is 0 Å². The van der Waals surface area contributed by atoms with Crippen molar-refractivity contribution in [3.63, 3.8) is 0 Å². The maximum absolute atomic E-state index is 5.10. The zero-order valence-corrected chi connectivity index (χ0v) is 72.3. The summed E-state index contributed by atoms with van der Waals surface area (Å²) in [6, 6.07) is 158. The van der Waals surface area contributed by atoms with Crippen molar-refractivity contribution < 1.29 is 0 Å². The van der Waals surface area contributed by atoms with E-state index >= 15 is 0 Å². The van der Waals surface area contributed by atoms with Gasteiger partial charge < -0.3 is 0 Å². The molecule has 0 bridgehead atoms. The van der Waals surface area contributed by atoms with Crippen LogP contribution in [0.3, 0.4) is 0 Å². The highest BCUT2D eigenvalue weighted by atomic mass is 32.1. The minimum absolute atomic E-state index is 0.986. The molecule has 6 aromatic heterocycles. The van der Waals surface area contributed by atoms with Crippen LogP contribution in [0.25, 0.3) is 258 Å². The molecule has 6 heterocycles. The van der Waals surface area contributed by atoms with Gasteiger partial charge in [-0.1, -0.05) is 364 Å². The number of aromatic nitrogens is 3. The Bertz CT molecular complexity index is 8950. The summed E-state index contributed by atoms with van der Waals surface area (Å²) in [5.41, 5.74) is 21.1. The first kappa shape index (κ1) is 75.6. The van der Waals surface area contributed by atoms with E-state index in [0.717, 1.165) is 44.9 Å². The summed E-state index contributed by atoms with van der Waals surface area (Å²) in [6.07, 6.45) is 6.16. The Hall–Kier alpha value is -15.9. The Balaban J connectivity index is 0.000000105. The van der Waals surface area contributed by atoms with Crippen LogP contribution in [0.15, 0.2) is 455 Å². The molecular formula is C123H75N3S3. The van der Waals surface area contributed by atoms with Gasteiger partial charge in [-0.3, -0.25) is 15.0 Å². The third-order valence-electron chi connectivity index (χ3n) is 26.0. The van der Waals surface area contributed by atoms with Crippen molar-refractivity contribution >= 4 is 191 Å². The third kappa shape index (κ3) is 13.2. The summed E-state index contributed by atoms with van der Waals surface area (Å²) >= 11 is 5.58. The lowest BCUT2D eigenvalue weighted by atomic mass is 9.86. The van der Waals surface area contributed by atoms with Crippen LogP contribution in [0.4, 0.5) is 0 Å². The lowest BCUT2D eigenvalue weighted by Crippen LogP contribution is -1.91. The largest absolute Gasteiger partial charge is 0.256 e. The van der Waals surface area contributed by atoms with Crippen LogP contribution in [-0.4, -0.2) is 15.0 Å². The predicted molar refractivity (Wildman–Crippen MR) is 558 cm³/mol. The third-order valence-corrected chi connectivity index (χ3v) is 29.5. The smallest absolute Gasteiger partial charge is 0.0716 e. The number of pyridine rings is 3. The van der Waals surface area contributed by atoms with Gasteiger partial charge in [0.15, 0.2) is 0 Å². The molecule has 0 spiro atoms. The van der Waals surface area contributed by atoms with E-state index in [1.54, 1.807) is 0 Å². The number of rotatable bonds is 9. The molecule has 0 N–H and O–H groups in total. The van der Waals surface area contributed by atoms with Crippen molar-refractivity contribution in [2.45, 2.75) is 0 Å². The normalized spacial score (nSPS) is 11.7. The number of thiophene rings is 3. The molecule has 0 fully saturated rings. The molecule has 0 aliphatic rings. The molecule has 6 heteroatoms. The van der Waals surface area contributed by atoms with E-state index in [9.17, 15) is 0 Å².